The van der Waals surface area contributed by atoms with E-state index in [9.17, 15) is 13.5 Å². The largest absolute Gasteiger partial charge is 0.390 e. The number of rotatable bonds is 3. The van der Waals surface area contributed by atoms with Gasteiger partial charge in [-0.3, -0.25) is 0 Å². The zero-order chi connectivity index (χ0) is 13.8. The normalized spacial score (nSPS) is 31.0. The van der Waals surface area contributed by atoms with E-state index in [4.69, 9.17) is 5.14 Å². The molecule has 19 heavy (non-hydrogen) atoms. The summed E-state index contributed by atoms with van der Waals surface area (Å²) in [6.07, 6.45) is 3.89. The highest BCUT2D eigenvalue weighted by Gasteiger charge is 2.52. The minimum Gasteiger partial charge on any atom is -0.390 e. The molecule has 0 saturated heterocycles. The molecule has 0 bridgehead atoms. The molecule has 0 heterocycles. The van der Waals surface area contributed by atoms with Crippen LogP contribution < -0.4 is 5.14 Å². The Morgan fingerprint density at radius 3 is 2.42 bits per heavy atom. The zero-order valence-electron chi connectivity index (χ0n) is 11.0. The summed E-state index contributed by atoms with van der Waals surface area (Å²) in [5.74, 6) is 0.841. The maximum atomic E-state index is 11.3. The van der Waals surface area contributed by atoms with Gasteiger partial charge in [-0.1, -0.05) is 6.07 Å². The molecule has 0 atom stereocenters. The van der Waals surface area contributed by atoms with Crippen molar-refractivity contribution in [2.45, 2.75) is 49.0 Å². The Morgan fingerprint density at radius 2 is 1.95 bits per heavy atom. The minimum absolute atomic E-state index is 0.158. The molecule has 0 aromatic heterocycles. The molecule has 0 radical (unpaired) electrons. The van der Waals surface area contributed by atoms with Crippen molar-refractivity contribution in [3.05, 3.63) is 29.3 Å². The number of primary sulfonamides is 1. The second-order valence-electron chi connectivity index (χ2n) is 6.05. The molecule has 3 N–H and O–H groups in total. The summed E-state index contributed by atoms with van der Waals surface area (Å²) < 4.78 is 22.6. The van der Waals surface area contributed by atoms with Gasteiger partial charge in [-0.05, 0) is 67.7 Å². The van der Waals surface area contributed by atoms with Crippen LogP contribution in [0.3, 0.4) is 0 Å². The highest BCUT2D eigenvalue weighted by Crippen LogP contribution is 2.56. The van der Waals surface area contributed by atoms with Crippen molar-refractivity contribution in [2.75, 3.05) is 0 Å². The molecule has 104 valence electrons. The van der Waals surface area contributed by atoms with Gasteiger partial charge < -0.3 is 5.11 Å². The molecule has 2 fully saturated rings. The third kappa shape index (κ3) is 2.30. The standard InChI is InChI=1S/C14H19NO3S/c1-9-6-12(19(15,17)18)4-5-13(9)10-7-14(16,8-10)11-2-3-11/h4-6,10-11,16H,2-3,7-8H2,1H3,(H2,15,17,18). The van der Waals surface area contributed by atoms with E-state index in [-0.39, 0.29) is 4.90 Å². The number of benzene rings is 1. The molecule has 0 spiro atoms. The van der Waals surface area contributed by atoms with Crippen LogP contribution in [-0.4, -0.2) is 19.1 Å². The first-order valence-electron chi connectivity index (χ1n) is 6.65. The summed E-state index contributed by atoms with van der Waals surface area (Å²) in [5, 5.41) is 15.5. The van der Waals surface area contributed by atoms with Crippen LogP contribution in [0.5, 0.6) is 0 Å². The fourth-order valence-electron chi connectivity index (χ4n) is 3.25. The van der Waals surface area contributed by atoms with Gasteiger partial charge in [0.2, 0.25) is 10.0 Å². The van der Waals surface area contributed by atoms with Crippen LogP contribution in [0.15, 0.2) is 23.1 Å². The van der Waals surface area contributed by atoms with Crippen LogP contribution in [0.2, 0.25) is 0 Å². The van der Waals surface area contributed by atoms with E-state index in [0.717, 1.165) is 36.8 Å². The molecule has 2 aliphatic rings. The molecule has 0 aliphatic heterocycles. The Balaban J connectivity index is 1.80. The van der Waals surface area contributed by atoms with Gasteiger partial charge in [0, 0.05) is 0 Å². The van der Waals surface area contributed by atoms with E-state index in [0.29, 0.717) is 11.8 Å². The molecule has 1 aromatic carbocycles. The van der Waals surface area contributed by atoms with E-state index in [2.05, 4.69) is 0 Å². The van der Waals surface area contributed by atoms with E-state index in [1.54, 1.807) is 12.1 Å². The van der Waals surface area contributed by atoms with Crippen molar-refractivity contribution < 1.29 is 13.5 Å². The van der Waals surface area contributed by atoms with Gasteiger partial charge in [0.05, 0.1) is 10.5 Å². The average Bonchev–Trinajstić information content (AvgIpc) is 3.07. The van der Waals surface area contributed by atoms with Crippen molar-refractivity contribution in [1.82, 2.24) is 0 Å². The van der Waals surface area contributed by atoms with E-state index >= 15 is 0 Å². The van der Waals surface area contributed by atoms with Gasteiger partial charge in [0.1, 0.15) is 0 Å². The molecule has 0 unspecified atom stereocenters. The summed E-state index contributed by atoms with van der Waals surface area (Å²) in [5.41, 5.74) is 1.61. The van der Waals surface area contributed by atoms with Gasteiger partial charge in [0.25, 0.3) is 0 Å². The Bertz CT molecular complexity index is 614. The number of hydrogen-bond acceptors (Lipinski definition) is 3. The van der Waals surface area contributed by atoms with E-state index < -0.39 is 15.6 Å². The Kier molecular flexibility index (Phi) is 2.78. The van der Waals surface area contributed by atoms with Gasteiger partial charge in [-0.15, -0.1) is 0 Å². The molecule has 1 aromatic rings. The topological polar surface area (TPSA) is 80.4 Å². The van der Waals surface area contributed by atoms with Crippen molar-refractivity contribution in [3.8, 4) is 0 Å². The smallest absolute Gasteiger partial charge is 0.238 e. The van der Waals surface area contributed by atoms with Gasteiger partial charge in [-0.2, -0.15) is 0 Å². The summed E-state index contributed by atoms with van der Waals surface area (Å²) in [6.45, 7) is 1.90. The Morgan fingerprint density at radius 1 is 1.32 bits per heavy atom. The molecular weight excluding hydrogens is 262 g/mol. The molecule has 2 aliphatic carbocycles. The van der Waals surface area contributed by atoms with E-state index in [1.807, 2.05) is 13.0 Å². The number of nitrogens with two attached hydrogens (primary N) is 1. The van der Waals surface area contributed by atoms with Crippen LogP contribution in [0, 0.1) is 12.8 Å². The first kappa shape index (κ1) is 13.1. The van der Waals surface area contributed by atoms with Crippen molar-refractivity contribution in [3.63, 3.8) is 0 Å². The molecule has 0 amide bonds. The van der Waals surface area contributed by atoms with Crippen molar-refractivity contribution >= 4 is 10.0 Å². The van der Waals surface area contributed by atoms with Crippen LogP contribution in [0.4, 0.5) is 0 Å². The lowest BCUT2D eigenvalue weighted by atomic mass is 9.65. The highest BCUT2D eigenvalue weighted by molar-refractivity contribution is 7.89. The fraction of sp³-hybridized carbons (Fsp3) is 0.571. The maximum Gasteiger partial charge on any atom is 0.238 e. The van der Waals surface area contributed by atoms with Crippen LogP contribution in [0.25, 0.3) is 0 Å². The molecule has 5 heteroatoms. The Labute approximate surface area is 113 Å². The van der Waals surface area contributed by atoms with Crippen LogP contribution >= 0.6 is 0 Å². The number of hydrogen-bond donors (Lipinski definition) is 2. The van der Waals surface area contributed by atoms with Gasteiger partial charge in [-0.25, -0.2) is 13.6 Å². The first-order chi connectivity index (χ1) is 8.79. The highest BCUT2D eigenvalue weighted by atomic mass is 32.2. The SMILES string of the molecule is Cc1cc(S(N)(=O)=O)ccc1C1CC(O)(C2CC2)C1. The van der Waals surface area contributed by atoms with Gasteiger partial charge >= 0.3 is 0 Å². The predicted molar refractivity (Wildman–Crippen MR) is 72.2 cm³/mol. The van der Waals surface area contributed by atoms with Gasteiger partial charge in [0.15, 0.2) is 0 Å². The monoisotopic (exact) mass is 281 g/mol. The van der Waals surface area contributed by atoms with Crippen LogP contribution in [-0.2, 0) is 10.0 Å². The zero-order valence-corrected chi connectivity index (χ0v) is 11.8. The summed E-state index contributed by atoms with van der Waals surface area (Å²) in [4.78, 5) is 0.158. The lowest BCUT2D eigenvalue weighted by Crippen LogP contribution is -2.44. The molecular formula is C14H19NO3S. The summed E-state index contributed by atoms with van der Waals surface area (Å²) in [7, 11) is -3.63. The third-order valence-electron chi connectivity index (χ3n) is 4.55. The van der Waals surface area contributed by atoms with E-state index in [1.165, 1.54) is 0 Å². The second-order valence-corrected chi connectivity index (χ2v) is 7.61. The lowest BCUT2D eigenvalue weighted by molar-refractivity contribution is -0.0680. The second kappa shape index (κ2) is 4.04. The number of aryl methyl sites for hydroxylation is 1. The van der Waals surface area contributed by atoms with Crippen LogP contribution in [0.1, 0.15) is 42.7 Å². The first-order valence-corrected chi connectivity index (χ1v) is 8.20. The summed E-state index contributed by atoms with van der Waals surface area (Å²) >= 11 is 0. The third-order valence-corrected chi connectivity index (χ3v) is 5.46. The Hall–Kier alpha value is -0.910. The fourth-order valence-corrected chi connectivity index (χ4v) is 3.85. The lowest BCUT2D eigenvalue weighted by Gasteiger charge is -2.45. The molecule has 4 nitrogen and oxygen atoms in total. The average molecular weight is 281 g/mol. The maximum absolute atomic E-state index is 11.3. The predicted octanol–water partition coefficient (Wildman–Crippen LogP) is 1.66. The van der Waals surface area contributed by atoms with Crippen molar-refractivity contribution in [2.24, 2.45) is 11.1 Å². The molecule has 2 saturated carbocycles. The molecule has 3 rings (SSSR count). The minimum atomic E-state index is -3.63. The quantitative estimate of drug-likeness (QED) is 0.884. The number of aliphatic hydroxyl groups is 1. The van der Waals surface area contributed by atoms with Crippen molar-refractivity contribution in [1.29, 1.82) is 0 Å². The number of sulfonamides is 1. The summed E-state index contributed by atoms with van der Waals surface area (Å²) in [6, 6.07) is 5.03.